The van der Waals surface area contributed by atoms with Crippen LogP contribution in [0.1, 0.15) is 23.3 Å². The molecule has 22 heavy (non-hydrogen) atoms. The molecule has 1 heterocycles. The Hall–Kier alpha value is -2.32. The van der Waals surface area contributed by atoms with Gasteiger partial charge in [0.2, 0.25) is 0 Å². The van der Waals surface area contributed by atoms with Crippen molar-refractivity contribution < 1.29 is 4.42 Å². The summed E-state index contributed by atoms with van der Waals surface area (Å²) >= 11 is 5.99. The molecule has 4 rings (SSSR count). The van der Waals surface area contributed by atoms with Gasteiger partial charge in [-0.05, 0) is 48.3 Å². The molecule has 2 nitrogen and oxygen atoms in total. The molecule has 1 aromatic heterocycles. The second-order valence-electron chi connectivity index (χ2n) is 5.46. The van der Waals surface area contributed by atoms with Crippen molar-refractivity contribution in [3.8, 4) is 0 Å². The Labute approximate surface area is 132 Å². The number of fused-ring (bicyclic) bond motifs is 2. The molecule has 0 unspecified atom stereocenters. The van der Waals surface area contributed by atoms with Gasteiger partial charge in [-0.25, -0.2) is 0 Å². The molecule has 0 saturated carbocycles. The number of halogens is 1. The lowest BCUT2D eigenvalue weighted by atomic mass is 10.1. The summed E-state index contributed by atoms with van der Waals surface area (Å²) in [6.07, 6.45) is 3.64. The third-order valence-corrected chi connectivity index (χ3v) is 4.26. The summed E-state index contributed by atoms with van der Waals surface area (Å²) in [7, 11) is 0. The lowest BCUT2D eigenvalue weighted by Gasteiger charge is -2.04. The first-order valence-electron chi connectivity index (χ1n) is 7.23. The smallest absolute Gasteiger partial charge is 0.196 e. The summed E-state index contributed by atoms with van der Waals surface area (Å²) in [5, 5.41) is 1.12. The highest BCUT2D eigenvalue weighted by Crippen LogP contribution is 2.34. The topological polar surface area (TPSA) is 30.2 Å². The fourth-order valence-corrected chi connectivity index (χ4v) is 3.13. The molecular weight excluding hydrogens is 296 g/mol. The Bertz CT molecular complexity index is 952. The van der Waals surface area contributed by atoms with Crippen molar-refractivity contribution in [2.75, 3.05) is 0 Å². The third-order valence-electron chi connectivity index (χ3n) is 4.02. The van der Waals surface area contributed by atoms with Crippen LogP contribution >= 0.6 is 11.6 Å². The molecule has 0 radical (unpaired) electrons. The molecule has 3 heteroatoms. The minimum absolute atomic E-state index is 0.0372. The zero-order valence-corrected chi connectivity index (χ0v) is 12.6. The molecular formula is C19H13ClO2. The van der Waals surface area contributed by atoms with Crippen molar-refractivity contribution in [1.82, 2.24) is 0 Å². The predicted molar refractivity (Wildman–Crippen MR) is 90.1 cm³/mol. The summed E-state index contributed by atoms with van der Waals surface area (Å²) in [5.41, 5.74) is 3.58. The van der Waals surface area contributed by atoms with Crippen LogP contribution in [0.15, 0.2) is 57.7 Å². The van der Waals surface area contributed by atoms with Gasteiger partial charge in [0.1, 0.15) is 11.3 Å². The molecule has 2 aromatic carbocycles. The quantitative estimate of drug-likeness (QED) is 0.638. The molecule has 0 N–H and O–H groups in total. The van der Waals surface area contributed by atoms with Crippen LogP contribution in [-0.4, -0.2) is 0 Å². The van der Waals surface area contributed by atoms with Crippen LogP contribution in [0, 0.1) is 0 Å². The number of benzene rings is 2. The minimum Gasteiger partial charge on any atom is -0.456 e. The fraction of sp³-hybridized carbons (Fsp3) is 0.105. The SMILES string of the molecule is O=c1c2c(oc3ccc(Cl)cc13)C(=Cc1ccccc1)CC2. The first-order valence-corrected chi connectivity index (χ1v) is 7.61. The zero-order valence-electron chi connectivity index (χ0n) is 11.8. The van der Waals surface area contributed by atoms with Crippen molar-refractivity contribution >= 4 is 34.2 Å². The second kappa shape index (κ2) is 5.15. The van der Waals surface area contributed by atoms with E-state index in [4.69, 9.17) is 16.0 Å². The van der Waals surface area contributed by atoms with Crippen LogP contribution in [0.25, 0.3) is 22.6 Å². The molecule has 3 aromatic rings. The Morgan fingerprint density at radius 3 is 2.68 bits per heavy atom. The van der Waals surface area contributed by atoms with E-state index in [0.717, 1.165) is 35.3 Å². The van der Waals surface area contributed by atoms with Crippen molar-refractivity contribution in [3.63, 3.8) is 0 Å². The van der Waals surface area contributed by atoms with Crippen molar-refractivity contribution in [3.05, 3.63) is 80.7 Å². The third kappa shape index (κ3) is 2.16. The number of rotatable bonds is 1. The van der Waals surface area contributed by atoms with E-state index in [-0.39, 0.29) is 5.43 Å². The molecule has 0 atom stereocenters. The molecule has 1 aliphatic rings. The van der Waals surface area contributed by atoms with Crippen LogP contribution in [0.4, 0.5) is 0 Å². The summed E-state index contributed by atoms with van der Waals surface area (Å²) in [4.78, 5) is 12.6. The van der Waals surface area contributed by atoms with Gasteiger partial charge < -0.3 is 4.42 Å². The molecule has 0 aliphatic heterocycles. The maximum atomic E-state index is 12.6. The molecule has 0 fully saturated rings. The van der Waals surface area contributed by atoms with Gasteiger partial charge in [0.15, 0.2) is 5.43 Å². The van der Waals surface area contributed by atoms with E-state index in [1.54, 1.807) is 18.2 Å². The van der Waals surface area contributed by atoms with Gasteiger partial charge in [0, 0.05) is 10.6 Å². The maximum Gasteiger partial charge on any atom is 0.196 e. The van der Waals surface area contributed by atoms with Crippen molar-refractivity contribution in [2.45, 2.75) is 12.8 Å². The van der Waals surface area contributed by atoms with Gasteiger partial charge in [0.05, 0.1) is 5.39 Å². The van der Waals surface area contributed by atoms with Crippen LogP contribution in [0.2, 0.25) is 5.02 Å². The van der Waals surface area contributed by atoms with E-state index >= 15 is 0 Å². The van der Waals surface area contributed by atoms with Gasteiger partial charge in [-0.1, -0.05) is 41.9 Å². The maximum absolute atomic E-state index is 12.6. The Morgan fingerprint density at radius 2 is 1.86 bits per heavy atom. The number of hydrogen-bond acceptors (Lipinski definition) is 2. The Balaban J connectivity index is 1.92. The highest BCUT2D eigenvalue weighted by atomic mass is 35.5. The van der Waals surface area contributed by atoms with E-state index in [2.05, 4.69) is 6.08 Å². The van der Waals surface area contributed by atoms with Crippen molar-refractivity contribution in [2.24, 2.45) is 0 Å². The fourth-order valence-electron chi connectivity index (χ4n) is 2.95. The summed E-state index contributed by atoms with van der Waals surface area (Å²) < 4.78 is 6.00. The largest absolute Gasteiger partial charge is 0.456 e. The predicted octanol–water partition coefficient (Wildman–Crippen LogP) is 4.93. The standard InChI is InChI=1S/C19H13ClO2/c20-14-7-9-17-16(11-14)18(21)15-8-6-13(19(15)22-17)10-12-4-2-1-3-5-12/h1-5,7,9-11H,6,8H2. The molecule has 1 aliphatic carbocycles. The van der Waals surface area contributed by atoms with Crippen LogP contribution in [-0.2, 0) is 6.42 Å². The monoisotopic (exact) mass is 308 g/mol. The van der Waals surface area contributed by atoms with E-state index in [1.807, 2.05) is 30.3 Å². The van der Waals surface area contributed by atoms with Gasteiger partial charge in [-0.2, -0.15) is 0 Å². The van der Waals surface area contributed by atoms with Crippen LogP contribution in [0.3, 0.4) is 0 Å². The number of hydrogen-bond donors (Lipinski definition) is 0. The van der Waals surface area contributed by atoms with Crippen molar-refractivity contribution in [1.29, 1.82) is 0 Å². The van der Waals surface area contributed by atoms with Gasteiger partial charge >= 0.3 is 0 Å². The molecule has 108 valence electrons. The zero-order chi connectivity index (χ0) is 15.1. The van der Waals surface area contributed by atoms with Crippen LogP contribution < -0.4 is 5.43 Å². The lowest BCUT2D eigenvalue weighted by Crippen LogP contribution is -2.08. The summed E-state index contributed by atoms with van der Waals surface area (Å²) in [6.45, 7) is 0. The molecule has 0 spiro atoms. The van der Waals surface area contributed by atoms with E-state index in [9.17, 15) is 4.79 Å². The second-order valence-corrected chi connectivity index (χ2v) is 5.90. The summed E-state index contributed by atoms with van der Waals surface area (Å²) in [5.74, 6) is 0.726. The molecule has 0 bridgehead atoms. The first kappa shape index (κ1) is 13.4. The number of allylic oxidation sites excluding steroid dienone is 1. The Morgan fingerprint density at radius 1 is 1.05 bits per heavy atom. The summed E-state index contributed by atoms with van der Waals surface area (Å²) in [6, 6.07) is 15.3. The Kier molecular flexibility index (Phi) is 3.12. The van der Waals surface area contributed by atoms with Crippen LogP contribution in [0.5, 0.6) is 0 Å². The molecule has 0 amide bonds. The van der Waals surface area contributed by atoms with E-state index < -0.39 is 0 Å². The highest BCUT2D eigenvalue weighted by molar-refractivity contribution is 6.31. The lowest BCUT2D eigenvalue weighted by molar-refractivity contribution is 0.585. The van der Waals surface area contributed by atoms with Gasteiger partial charge in [-0.15, -0.1) is 0 Å². The normalized spacial score (nSPS) is 15.4. The van der Waals surface area contributed by atoms with Gasteiger partial charge in [0.25, 0.3) is 0 Å². The average molecular weight is 309 g/mol. The first-order chi connectivity index (χ1) is 10.7. The minimum atomic E-state index is 0.0372. The van der Waals surface area contributed by atoms with Gasteiger partial charge in [-0.3, -0.25) is 4.79 Å². The average Bonchev–Trinajstić information content (AvgIpc) is 2.93. The van der Waals surface area contributed by atoms with E-state index in [0.29, 0.717) is 16.0 Å². The molecule has 0 saturated heterocycles. The van der Waals surface area contributed by atoms with E-state index in [1.165, 1.54) is 0 Å². The highest BCUT2D eigenvalue weighted by Gasteiger charge is 2.23.